The molecule has 1 fully saturated rings. The molecule has 0 spiro atoms. The number of amides is 1. The minimum Gasteiger partial charge on any atom is -0.351 e. The van der Waals surface area contributed by atoms with Crippen LogP contribution in [0.5, 0.6) is 0 Å². The monoisotopic (exact) mass is 303 g/mol. The lowest BCUT2D eigenvalue weighted by Gasteiger charge is -2.16. The maximum absolute atomic E-state index is 13.1. The van der Waals surface area contributed by atoms with Crippen molar-refractivity contribution in [2.75, 3.05) is 0 Å². The van der Waals surface area contributed by atoms with Crippen LogP contribution in [-0.2, 0) is 16.8 Å². The molecule has 2 nitrogen and oxygen atoms in total. The molecule has 0 aromatic heterocycles. The molecule has 0 atom stereocenters. The molecule has 2 aromatic carbocycles. The summed E-state index contributed by atoms with van der Waals surface area (Å²) in [4.78, 5) is 12.4. The second-order valence-corrected chi connectivity index (χ2v) is 5.84. The van der Waals surface area contributed by atoms with Gasteiger partial charge in [-0.05, 0) is 48.2 Å². The van der Waals surface area contributed by atoms with Crippen molar-refractivity contribution in [2.24, 2.45) is 0 Å². The van der Waals surface area contributed by atoms with Gasteiger partial charge in [0.25, 0.3) is 0 Å². The van der Waals surface area contributed by atoms with Crippen molar-refractivity contribution >= 4 is 17.5 Å². The molecule has 0 saturated heterocycles. The topological polar surface area (TPSA) is 29.1 Å². The Bertz CT molecular complexity index is 682. The van der Waals surface area contributed by atoms with E-state index in [9.17, 15) is 9.18 Å². The van der Waals surface area contributed by atoms with E-state index < -0.39 is 5.41 Å². The first-order chi connectivity index (χ1) is 10.1. The van der Waals surface area contributed by atoms with Crippen LogP contribution in [0.3, 0.4) is 0 Å². The highest BCUT2D eigenvalue weighted by atomic mass is 35.5. The average Bonchev–Trinajstić information content (AvgIpc) is 3.26. The summed E-state index contributed by atoms with van der Waals surface area (Å²) >= 11 is 6.00. The molecule has 1 aliphatic carbocycles. The van der Waals surface area contributed by atoms with Crippen LogP contribution in [0.25, 0.3) is 0 Å². The van der Waals surface area contributed by atoms with Gasteiger partial charge in [-0.3, -0.25) is 4.79 Å². The van der Waals surface area contributed by atoms with Crippen molar-refractivity contribution in [1.29, 1.82) is 0 Å². The van der Waals surface area contributed by atoms with Gasteiger partial charge in [0.15, 0.2) is 0 Å². The molecule has 1 N–H and O–H groups in total. The fourth-order valence-corrected chi connectivity index (χ4v) is 2.75. The van der Waals surface area contributed by atoms with Crippen molar-refractivity contribution in [1.82, 2.24) is 5.32 Å². The van der Waals surface area contributed by atoms with Gasteiger partial charge in [-0.2, -0.15) is 0 Å². The van der Waals surface area contributed by atoms with E-state index >= 15 is 0 Å². The summed E-state index contributed by atoms with van der Waals surface area (Å²) < 4.78 is 13.1. The summed E-state index contributed by atoms with van der Waals surface area (Å²) in [6.07, 6.45) is 1.64. The minimum atomic E-state index is -0.460. The largest absolute Gasteiger partial charge is 0.351 e. The van der Waals surface area contributed by atoms with Crippen LogP contribution in [0.1, 0.15) is 24.0 Å². The highest BCUT2D eigenvalue weighted by Gasteiger charge is 2.51. The SMILES string of the molecule is O=C(NCc1cccc(F)c1)C1(c2cccc(Cl)c2)CC1. The van der Waals surface area contributed by atoms with Crippen LogP contribution in [0.4, 0.5) is 4.39 Å². The van der Waals surface area contributed by atoms with E-state index in [4.69, 9.17) is 11.6 Å². The molecule has 3 rings (SSSR count). The van der Waals surface area contributed by atoms with Gasteiger partial charge in [0.05, 0.1) is 5.41 Å². The van der Waals surface area contributed by atoms with Crippen LogP contribution >= 0.6 is 11.6 Å². The zero-order valence-electron chi connectivity index (χ0n) is 11.4. The quantitative estimate of drug-likeness (QED) is 0.914. The fourth-order valence-electron chi connectivity index (χ4n) is 2.56. The third-order valence-corrected chi connectivity index (χ3v) is 4.14. The molecule has 108 valence electrons. The molecule has 0 unspecified atom stereocenters. The molecule has 0 bridgehead atoms. The smallest absolute Gasteiger partial charge is 0.230 e. The Labute approximate surface area is 127 Å². The lowest BCUT2D eigenvalue weighted by atomic mass is 9.95. The highest BCUT2D eigenvalue weighted by Crippen LogP contribution is 2.48. The van der Waals surface area contributed by atoms with E-state index in [1.54, 1.807) is 18.2 Å². The van der Waals surface area contributed by atoms with Gasteiger partial charge in [-0.1, -0.05) is 35.9 Å². The Morgan fingerprint density at radius 2 is 1.95 bits per heavy atom. The first-order valence-electron chi connectivity index (χ1n) is 6.89. The van der Waals surface area contributed by atoms with Gasteiger partial charge in [0.1, 0.15) is 5.82 Å². The van der Waals surface area contributed by atoms with Gasteiger partial charge >= 0.3 is 0 Å². The molecule has 0 heterocycles. The Morgan fingerprint density at radius 3 is 2.62 bits per heavy atom. The van der Waals surface area contributed by atoms with Crippen molar-refractivity contribution in [3.8, 4) is 0 Å². The molecular formula is C17H15ClFNO. The fraction of sp³-hybridized carbons (Fsp3) is 0.235. The second kappa shape index (κ2) is 5.49. The summed E-state index contributed by atoms with van der Waals surface area (Å²) in [6, 6.07) is 13.7. The van der Waals surface area contributed by atoms with Crippen molar-refractivity contribution in [2.45, 2.75) is 24.8 Å². The van der Waals surface area contributed by atoms with Crippen LogP contribution in [0.15, 0.2) is 48.5 Å². The lowest BCUT2D eigenvalue weighted by Crippen LogP contribution is -2.34. The van der Waals surface area contributed by atoms with E-state index in [0.717, 1.165) is 24.0 Å². The summed E-state index contributed by atoms with van der Waals surface area (Å²) in [5, 5.41) is 3.53. The molecular weight excluding hydrogens is 289 g/mol. The Balaban J connectivity index is 1.71. The molecule has 1 aliphatic rings. The normalized spacial score (nSPS) is 15.5. The van der Waals surface area contributed by atoms with Crippen molar-refractivity contribution in [3.63, 3.8) is 0 Å². The second-order valence-electron chi connectivity index (χ2n) is 5.41. The van der Waals surface area contributed by atoms with Crippen molar-refractivity contribution < 1.29 is 9.18 Å². The maximum Gasteiger partial charge on any atom is 0.230 e. The number of nitrogens with one attached hydrogen (secondary N) is 1. The zero-order valence-corrected chi connectivity index (χ0v) is 12.2. The summed E-state index contributed by atoms with van der Waals surface area (Å²) in [5.74, 6) is -0.313. The van der Waals surface area contributed by atoms with E-state index in [0.29, 0.717) is 11.6 Å². The van der Waals surface area contributed by atoms with Crippen LogP contribution < -0.4 is 5.32 Å². The number of hydrogen-bond donors (Lipinski definition) is 1. The molecule has 0 radical (unpaired) electrons. The number of hydrogen-bond acceptors (Lipinski definition) is 1. The van der Waals surface area contributed by atoms with Crippen LogP contribution in [-0.4, -0.2) is 5.91 Å². The van der Waals surface area contributed by atoms with Gasteiger partial charge in [0.2, 0.25) is 5.91 Å². The molecule has 4 heteroatoms. The number of carbonyl (C=O) groups excluding carboxylic acids is 1. The standard InChI is InChI=1S/C17H15ClFNO/c18-14-5-2-4-13(10-14)17(7-8-17)16(21)20-11-12-3-1-6-15(19)9-12/h1-6,9-10H,7-8,11H2,(H,20,21). The third-order valence-electron chi connectivity index (χ3n) is 3.90. The average molecular weight is 304 g/mol. The molecule has 21 heavy (non-hydrogen) atoms. The van der Waals surface area contributed by atoms with E-state index in [2.05, 4.69) is 5.32 Å². The molecule has 1 amide bonds. The zero-order chi connectivity index (χ0) is 14.9. The predicted octanol–water partition coefficient (Wildman–Crippen LogP) is 3.83. The van der Waals surface area contributed by atoms with E-state index in [-0.39, 0.29) is 11.7 Å². The first-order valence-corrected chi connectivity index (χ1v) is 7.27. The Morgan fingerprint density at radius 1 is 1.19 bits per heavy atom. The van der Waals surface area contributed by atoms with Gasteiger partial charge in [-0.15, -0.1) is 0 Å². The van der Waals surface area contributed by atoms with E-state index in [1.807, 2.05) is 18.2 Å². The maximum atomic E-state index is 13.1. The van der Waals surface area contributed by atoms with Crippen LogP contribution in [0.2, 0.25) is 5.02 Å². The molecule has 0 aliphatic heterocycles. The summed E-state index contributed by atoms with van der Waals surface area (Å²) in [7, 11) is 0. The number of rotatable bonds is 4. The number of halogens is 2. The van der Waals surface area contributed by atoms with Gasteiger partial charge < -0.3 is 5.32 Å². The number of benzene rings is 2. The summed E-state index contributed by atoms with van der Waals surface area (Å²) in [6.45, 7) is 0.332. The Kier molecular flexibility index (Phi) is 3.68. The van der Waals surface area contributed by atoms with E-state index in [1.165, 1.54) is 12.1 Å². The Hall–Kier alpha value is -1.87. The predicted molar refractivity (Wildman–Crippen MR) is 80.6 cm³/mol. The first kappa shape index (κ1) is 14.1. The molecule has 2 aromatic rings. The van der Waals surface area contributed by atoms with Crippen molar-refractivity contribution in [3.05, 3.63) is 70.5 Å². The molecule has 1 saturated carbocycles. The number of carbonyl (C=O) groups is 1. The van der Waals surface area contributed by atoms with Gasteiger partial charge in [-0.25, -0.2) is 4.39 Å². The third kappa shape index (κ3) is 2.93. The summed E-state index contributed by atoms with van der Waals surface area (Å²) in [5.41, 5.74) is 1.25. The van der Waals surface area contributed by atoms with Crippen LogP contribution in [0, 0.1) is 5.82 Å². The van der Waals surface area contributed by atoms with Gasteiger partial charge in [0, 0.05) is 11.6 Å². The minimum absolute atomic E-state index is 0.0194. The lowest BCUT2D eigenvalue weighted by molar-refractivity contribution is -0.123. The highest BCUT2D eigenvalue weighted by molar-refractivity contribution is 6.30.